The van der Waals surface area contributed by atoms with Crippen LogP contribution in [0.1, 0.15) is 32.0 Å². The summed E-state index contributed by atoms with van der Waals surface area (Å²) in [7, 11) is 0. The second-order valence-electron chi connectivity index (χ2n) is 8.46. The van der Waals surface area contributed by atoms with Crippen molar-refractivity contribution in [2.24, 2.45) is 0 Å². The summed E-state index contributed by atoms with van der Waals surface area (Å²) in [5.41, 5.74) is 2.99. The molecule has 0 fully saturated rings. The van der Waals surface area contributed by atoms with Crippen LogP contribution in [0.2, 0.25) is 0 Å². The Morgan fingerprint density at radius 3 is 2.36 bits per heavy atom. The number of nitrogens with zero attached hydrogens (tertiary/aromatic N) is 4. The van der Waals surface area contributed by atoms with Gasteiger partial charge in [-0.3, -0.25) is 0 Å². The lowest BCUT2D eigenvalue weighted by molar-refractivity contribution is 0.0685. The first kappa shape index (κ1) is 25.2. The molecule has 2 N–H and O–H groups in total. The molecule has 0 amide bonds. The summed E-state index contributed by atoms with van der Waals surface area (Å²) in [4.78, 5) is 31.4. The van der Waals surface area contributed by atoms with Crippen molar-refractivity contribution in [1.29, 1.82) is 0 Å². The second kappa shape index (κ2) is 10.9. The number of carbonyl (C=O) groups is 2. The summed E-state index contributed by atoms with van der Waals surface area (Å²) in [5.74, 6) is -0.101. The van der Waals surface area contributed by atoms with Crippen LogP contribution in [0.5, 0.6) is 17.4 Å². The average Bonchev–Trinajstić information content (AvgIpc) is 3.35. The lowest BCUT2D eigenvalue weighted by Crippen LogP contribution is -2.05. The maximum Gasteiger partial charge on any atom is 0.339 e. The molecule has 0 aliphatic carbocycles. The van der Waals surface area contributed by atoms with Gasteiger partial charge < -0.3 is 19.7 Å². The number of pyridine rings is 2. The van der Waals surface area contributed by atoms with Gasteiger partial charge in [0, 0.05) is 23.4 Å². The van der Waals surface area contributed by atoms with E-state index in [-0.39, 0.29) is 17.7 Å². The molecule has 0 saturated carbocycles. The monoisotopic (exact) mass is 522 g/mol. The van der Waals surface area contributed by atoms with Gasteiger partial charge in [0.05, 0.1) is 23.1 Å². The second-order valence-corrected chi connectivity index (χ2v) is 8.46. The highest BCUT2D eigenvalue weighted by Gasteiger charge is 2.16. The number of aromatic carboxylic acids is 2. The van der Waals surface area contributed by atoms with Crippen molar-refractivity contribution < 1.29 is 29.3 Å². The maximum absolute atomic E-state index is 11.4. The standard InChI is InChI=1S/C29H22N4O6/c1-18-23(29(36)37)16-31-33(18)26-8-4-6-24(32-26)22-5-2-3-7-25(22)38-17-19-9-14-27(30-15-19)39-21-12-10-20(11-13-21)28(34)35/h2-16H,17H2,1H3,(H,34,35)(H,36,37). The topological polar surface area (TPSA) is 137 Å². The molecule has 39 heavy (non-hydrogen) atoms. The number of rotatable bonds is 9. The number of para-hydroxylation sites is 1. The molecule has 0 aliphatic rings. The minimum absolute atomic E-state index is 0.118. The van der Waals surface area contributed by atoms with Gasteiger partial charge in [-0.2, -0.15) is 5.10 Å². The van der Waals surface area contributed by atoms with E-state index in [9.17, 15) is 14.7 Å². The van der Waals surface area contributed by atoms with Crippen molar-refractivity contribution in [3.8, 4) is 34.5 Å². The first-order valence-electron chi connectivity index (χ1n) is 11.8. The third-order valence-electron chi connectivity index (χ3n) is 5.87. The molecule has 0 saturated heterocycles. The third kappa shape index (κ3) is 5.59. The van der Waals surface area contributed by atoms with Gasteiger partial charge in [-0.15, -0.1) is 0 Å². The Morgan fingerprint density at radius 1 is 0.872 bits per heavy atom. The number of carboxylic acids is 2. The molecule has 10 nitrogen and oxygen atoms in total. The van der Waals surface area contributed by atoms with Gasteiger partial charge >= 0.3 is 11.9 Å². The van der Waals surface area contributed by atoms with Crippen LogP contribution in [0, 0.1) is 6.92 Å². The number of hydrogen-bond donors (Lipinski definition) is 2. The molecule has 3 heterocycles. The molecule has 0 radical (unpaired) electrons. The van der Waals surface area contributed by atoms with Gasteiger partial charge in [-0.1, -0.05) is 18.2 Å². The van der Waals surface area contributed by atoms with E-state index < -0.39 is 11.9 Å². The Morgan fingerprint density at radius 2 is 1.67 bits per heavy atom. The third-order valence-corrected chi connectivity index (χ3v) is 5.87. The summed E-state index contributed by atoms with van der Waals surface area (Å²) in [6.45, 7) is 1.93. The molecule has 2 aromatic carbocycles. The first-order valence-corrected chi connectivity index (χ1v) is 11.8. The molecule has 0 spiro atoms. The zero-order valence-corrected chi connectivity index (χ0v) is 20.7. The van der Waals surface area contributed by atoms with E-state index in [0.29, 0.717) is 34.6 Å². The highest BCUT2D eigenvalue weighted by molar-refractivity contribution is 5.88. The Bertz CT molecular complexity index is 1650. The summed E-state index contributed by atoms with van der Waals surface area (Å²) < 4.78 is 13.3. The van der Waals surface area contributed by atoms with E-state index in [1.807, 2.05) is 42.5 Å². The van der Waals surface area contributed by atoms with Crippen molar-refractivity contribution in [3.05, 3.63) is 114 Å². The molecule has 0 aliphatic heterocycles. The van der Waals surface area contributed by atoms with Crippen LogP contribution in [0.4, 0.5) is 0 Å². The van der Waals surface area contributed by atoms with Gasteiger partial charge in [-0.25, -0.2) is 24.2 Å². The van der Waals surface area contributed by atoms with Crippen molar-refractivity contribution in [1.82, 2.24) is 19.7 Å². The molecule has 194 valence electrons. The number of benzene rings is 2. The smallest absolute Gasteiger partial charge is 0.339 e. The van der Waals surface area contributed by atoms with Gasteiger partial charge in [0.2, 0.25) is 5.88 Å². The van der Waals surface area contributed by atoms with E-state index >= 15 is 0 Å². The fourth-order valence-electron chi connectivity index (χ4n) is 3.85. The van der Waals surface area contributed by atoms with Gasteiger partial charge in [-0.05, 0) is 61.5 Å². The van der Waals surface area contributed by atoms with Crippen molar-refractivity contribution in [2.45, 2.75) is 13.5 Å². The molecule has 0 atom stereocenters. The zero-order valence-electron chi connectivity index (χ0n) is 20.7. The van der Waals surface area contributed by atoms with Crippen molar-refractivity contribution in [3.63, 3.8) is 0 Å². The molecule has 0 unspecified atom stereocenters. The maximum atomic E-state index is 11.4. The Balaban J connectivity index is 1.29. The fraction of sp³-hybridized carbons (Fsp3) is 0.0690. The molecule has 3 aromatic heterocycles. The molecular weight excluding hydrogens is 500 g/mol. The predicted molar refractivity (Wildman–Crippen MR) is 141 cm³/mol. The highest BCUT2D eigenvalue weighted by atomic mass is 16.5. The van der Waals surface area contributed by atoms with Crippen LogP contribution >= 0.6 is 0 Å². The fourth-order valence-corrected chi connectivity index (χ4v) is 3.85. The van der Waals surface area contributed by atoms with Crippen molar-refractivity contribution >= 4 is 11.9 Å². The van der Waals surface area contributed by atoms with Crippen LogP contribution in [-0.2, 0) is 6.61 Å². The van der Waals surface area contributed by atoms with Crippen LogP contribution in [0.3, 0.4) is 0 Å². The summed E-state index contributed by atoms with van der Waals surface area (Å²) in [6.07, 6.45) is 2.95. The van der Waals surface area contributed by atoms with Gasteiger partial charge in [0.15, 0.2) is 5.82 Å². The summed E-state index contributed by atoms with van der Waals surface area (Å²) in [5, 5.41) is 22.5. The van der Waals surface area contributed by atoms with Crippen molar-refractivity contribution in [2.75, 3.05) is 0 Å². The largest absolute Gasteiger partial charge is 0.488 e. The predicted octanol–water partition coefficient (Wildman–Crippen LogP) is 5.41. The molecular formula is C29H22N4O6. The number of carboxylic acid groups (broad SMARTS) is 2. The Kier molecular flexibility index (Phi) is 7.00. The average molecular weight is 523 g/mol. The summed E-state index contributed by atoms with van der Waals surface area (Å²) >= 11 is 0. The number of aromatic nitrogens is 4. The number of hydrogen-bond acceptors (Lipinski definition) is 7. The normalized spacial score (nSPS) is 10.7. The summed E-state index contributed by atoms with van der Waals surface area (Å²) in [6, 6.07) is 22.5. The van der Waals surface area contributed by atoms with E-state index in [1.165, 1.54) is 23.0 Å². The van der Waals surface area contributed by atoms with E-state index in [1.54, 1.807) is 37.4 Å². The SMILES string of the molecule is Cc1c(C(=O)O)cnn1-c1cccc(-c2ccccc2OCc2ccc(Oc3ccc(C(=O)O)cc3)nc2)n1. The van der Waals surface area contributed by atoms with Crippen LogP contribution in [0.25, 0.3) is 17.1 Å². The Hall–Kier alpha value is -5.51. The lowest BCUT2D eigenvalue weighted by atomic mass is 10.1. The molecule has 10 heteroatoms. The van der Waals surface area contributed by atoms with Gasteiger partial charge in [0.1, 0.15) is 23.7 Å². The first-order chi connectivity index (χ1) is 18.9. The van der Waals surface area contributed by atoms with Gasteiger partial charge in [0.25, 0.3) is 0 Å². The highest BCUT2D eigenvalue weighted by Crippen LogP contribution is 2.30. The van der Waals surface area contributed by atoms with E-state index in [0.717, 1.165) is 11.1 Å². The van der Waals surface area contributed by atoms with E-state index in [4.69, 9.17) is 19.6 Å². The minimum atomic E-state index is -1.04. The quantitative estimate of drug-likeness (QED) is 0.260. The number of ether oxygens (including phenoxy) is 2. The minimum Gasteiger partial charge on any atom is -0.488 e. The lowest BCUT2D eigenvalue weighted by Gasteiger charge is -2.13. The molecule has 0 bridgehead atoms. The Labute approximate surface area is 222 Å². The molecule has 5 aromatic rings. The molecule has 5 rings (SSSR count). The van der Waals surface area contributed by atoms with Crippen LogP contribution in [-0.4, -0.2) is 41.9 Å². The van der Waals surface area contributed by atoms with Crippen LogP contribution < -0.4 is 9.47 Å². The zero-order chi connectivity index (χ0) is 27.4. The van der Waals surface area contributed by atoms with E-state index in [2.05, 4.69) is 10.1 Å². The van der Waals surface area contributed by atoms with Crippen LogP contribution in [0.15, 0.2) is 91.3 Å².